The molecular formula is C20H21BrN2O5S. The van der Waals surface area contributed by atoms with Gasteiger partial charge in [0.25, 0.3) is 0 Å². The van der Waals surface area contributed by atoms with Crippen LogP contribution >= 0.6 is 15.9 Å². The summed E-state index contributed by atoms with van der Waals surface area (Å²) in [7, 11) is -2.86. The minimum atomic E-state index is -4.07. The standard InChI is InChI=1S/C20H21BrN2O5S/c1-13(24)23-9-8-15-11-16(21)19(12-18(15)23)29(26,27)22-17(20(25)28-2)10-14-6-4-3-5-7-14/h3-7,11-12,17,22H,8-10H2,1-2H3/t17-/m0/s1. The molecule has 0 saturated heterocycles. The Labute approximate surface area is 178 Å². The Morgan fingerprint density at radius 3 is 2.55 bits per heavy atom. The van der Waals surface area contributed by atoms with Gasteiger partial charge < -0.3 is 9.64 Å². The molecule has 0 saturated carbocycles. The number of hydrogen-bond acceptors (Lipinski definition) is 5. The Bertz CT molecular complexity index is 1040. The van der Waals surface area contributed by atoms with Crippen LogP contribution < -0.4 is 9.62 Å². The highest BCUT2D eigenvalue weighted by atomic mass is 79.9. The van der Waals surface area contributed by atoms with Gasteiger partial charge in [0.2, 0.25) is 15.9 Å². The van der Waals surface area contributed by atoms with Crippen molar-refractivity contribution in [1.82, 2.24) is 4.72 Å². The van der Waals surface area contributed by atoms with E-state index in [9.17, 15) is 18.0 Å². The molecule has 1 N–H and O–H groups in total. The molecule has 0 radical (unpaired) electrons. The summed E-state index contributed by atoms with van der Waals surface area (Å²) in [6, 6.07) is 11.2. The number of sulfonamides is 1. The zero-order valence-electron chi connectivity index (χ0n) is 16.0. The molecule has 0 unspecified atom stereocenters. The second-order valence-electron chi connectivity index (χ2n) is 6.72. The number of carbonyl (C=O) groups is 2. The summed E-state index contributed by atoms with van der Waals surface area (Å²) in [6.07, 6.45) is 0.801. The van der Waals surface area contributed by atoms with Crippen LogP contribution in [-0.4, -0.2) is 40.0 Å². The van der Waals surface area contributed by atoms with E-state index in [1.54, 1.807) is 23.1 Å². The Hall–Kier alpha value is -2.23. The molecular weight excluding hydrogens is 460 g/mol. The van der Waals surface area contributed by atoms with Crippen molar-refractivity contribution in [1.29, 1.82) is 0 Å². The number of ether oxygens (including phenoxy) is 1. The van der Waals surface area contributed by atoms with Crippen LogP contribution in [0.15, 0.2) is 51.8 Å². The molecule has 2 aromatic carbocycles. The number of amides is 1. The van der Waals surface area contributed by atoms with E-state index in [1.165, 1.54) is 20.1 Å². The molecule has 0 bridgehead atoms. The zero-order valence-corrected chi connectivity index (χ0v) is 18.4. The maximum Gasteiger partial charge on any atom is 0.324 e. The molecule has 0 aliphatic carbocycles. The summed E-state index contributed by atoms with van der Waals surface area (Å²) < 4.78 is 33.8. The third-order valence-electron chi connectivity index (χ3n) is 4.76. The highest BCUT2D eigenvalue weighted by molar-refractivity contribution is 9.10. The van der Waals surface area contributed by atoms with Gasteiger partial charge >= 0.3 is 5.97 Å². The van der Waals surface area contributed by atoms with Gasteiger partial charge in [0, 0.05) is 23.6 Å². The molecule has 2 aromatic rings. The van der Waals surface area contributed by atoms with Gasteiger partial charge in [-0.25, -0.2) is 8.42 Å². The van der Waals surface area contributed by atoms with Crippen molar-refractivity contribution in [3.63, 3.8) is 0 Å². The van der Waals surface area contributed by atoms with Crippen LogP contribution in [0.3, 0.4) is 0 Å². The van der Waals surface area contributed by atoms with Crippen LogP contribution in [0.25, 0.3) is 0 Å². The van der Waals surface area contributed by atoms with Crippen molar-refractivity contribution >= 4 is 43.5 Å². The first kappa shape index (κ1) is 21.5. The van der Waals surface area contributed by atoms with Gasteiger partial charge in [0.1, 0.15) is 6.04 Å². The van der Waals surface area contributed by atoms with Gasteiger partial charge in [0.15, 0.2) is 0 Å². The summed E-state index contributed by atoms with van der Waals surface area (Å²) in [5, 5.41) is 0. The fraction of sp³-hybridized carbons (Fsp3) is 0.300. The van der Waals surface area contributed by atoms with Crippen LogP contribution in [0.4, 0.5) is 5.69 Å². The van der Waals surface area contributed by atoms with E-state index in [4.69, 9.17) is 4.74 Å². The first-order chi connectivity index (χ1) is 13.7. The van der Waals surface area contributed by atoms with Gasteiger partial charge in [-0.15, -0.1) is 0 Å². The minimum Gasteiger partial charge on any atom is -0.468 e. The predicted molar refractivity (Wildman–Crippen MR) is 112 cm³/mol. The third kappa shape index (κ3) is 4.68. The number of carbonyl (C=O) groups excluding carboxylic acids is 2. The lowest BCUT2D eigenvalue weighted by molar-refractivity contribution is -0.142. The van der Waals surface area contributed by atoms with Crippen molar-refractivity contribution in [2.24, 2.45) is 0 Å². The predicted octanol–water partition coefficient (Wildman–Crippen LogP) is 2.42. The molecule has 9 heteroatoms. The number of rotatable bonds is 6. The van der Waals surface area contributed by atoms with Crippen molar-refractivity contribution in [2.75, 3.05) is 18.6 Å². The molecule has 1 aliphatic rings. The average Bonchev–Trinajstić information content (AvgIpc) is 3.09. The maximum absolute atomic E-state index is 13.1. The maximum atomic E-state index is 13.1. The average molecular weight is 481 g/mol. The van der Waals surface area contributed by atoms with Gasteiger partial charge in [-0.05, 0) is 52.0 Å². The lowest BCUT2D eigenvalue weighted by Crippen LogP contribution is -2.43. The normalized spacial score (nSPS) is 14.4. The topological polar surface area (TPSA) is 92.8 Å². The lowest BCUT2D eigenvalue weighted by atomic mass is 10.1. The van der Waals surface area contributed by atoms with Gasteiger partial charge in [0.05, 0.1) is 12.0 Å². The molecule has 1 amide bonds. The summed E-state index contributed by atoms with van der Waals surface area (Å²) in [5.74, 6) is -0.834. The lowest BCUT2D eigenvalue weighted by Gasteiger charge is -2.19. The Morgan fingerprint density at radius 2 is 1.93 bits per heavy atom. The molecule has 1 aliphatic heterocycles. The van der Waals surface area contributed by atoms with E-state index in [0.29, 0.717) is 23.1 Å². The van der Waals surface area contributed by atoms with E-state index < -0.39 is 22.0 Å². The van der Waals surface area contributed by atoms with E-state index >= 15 is 0 Å². The Kier molecular flexibility index (Phi) is 6.40. The number of benzene rings is 2. The second kappa shape index (κ2) is 8.64. The van der Waals surface area contributed by atoms with Gasteiger partial charge in [-0.3, -0.25) is 9.59 Å². The summed E-state index contributed by atoms with van der Waals surface area (Å²) in [4.78, 5) is 25.6. The molecule has 154 valence electrons. The zero-order chi connectivity index (χ0) is 21.2. The van der Waals surface area contributed by atoms with E-state index in [1.807, 2.05) is 18.2 Å². The quantitative estimate of drug-likeness (QED) is 0.640. The first-order valence-corrected chi connectivity index (χ1v) is 11.2. The highest BCUT2D eigenvalue weighted by Gasteiger charge is 2.31. The molecule has 29 heavy (non-hydrogen) atoms. The number of hydrogen-bond donors (Lipinski definition) is 1. The molecule has 1 atom stereocenters. The van der Waals surface area contributed by atoms with Gasteiger partial charge in [-0.2, -0.15) is 4.72 Å². The number of anilines is 1. The molecule has 0 aromatic heterocycles. The highest BCUT2D eigenvalue weighted by Crippen LogP contribution is 2.35. The van der Waals surface area contributed by atoms with E-state index in [0.717, 1.165) is 11.1 Å². The van der Waals surface area contributed by atoms with Crippen LogP contribution in [0.5, 0.6) is 0 Å². The number of nitrogens with one attached hydrogen (secondary N) is 1. The number of nitrogens with zero attached hydrogens (tertiary/aromatic N) is 1. The number of fused-ring (bicyclic) bond motifs is 1. The molecule has 3 rings (SSSR count). The smallest absolute Gasteiger partial charge is 0.324 e. The van der Waals surface area contributed by atoms with Crippen LogP contribution in [-0.2, 0) is 37.2 Å². The summed E-state index contributed by atoms with van der Waals surface area (Å²) in [5.41, 5.74) is 2.25. The number of esters is 1. The molecule has 0 spiro atoms. The van der Waals surface area contributed by atoms with E-state index in [2.05, 4.69) is 20.7 Å². The Morgan fingerprint density at radius 1 is 1.24 bits per heavy atom. The van der Waals surface area contributed by atoms with Crippen LogP contribution in [0.1, 0.15) is 18.1 Å². The number of halogens is 1. The van der Waals surface area contributed by atoms with Crippen LogP contribution in [0.2, 0.25) is 0 Å². The van der Waals surface area contributed by atoms with Crippen LogP contribution in [0, 0.1) is 0 Å². The Balaban J connectivity index is 1.94. The van der Waals surface area contributed by atoms with Crippen molar-refractivity contribution < 1.29 is 22.7 Å². The SMILES string of the molecule is COC(=O)[C@H](Cc1ccccc1)NS(=O)(=O)c1cc2c(cc1Br)CCN2C(C)=O. The second-order valence-corrected chi connectivity index (χ2v) is 9.26. The van der Waals surface area contributed by atoms with E-state index in [-0.39, 0.29) is 17.2 Å². The van der Waals surface area contributed by atoms with Crippen molar-refractivity contribution in [3.05, 3.63) is 58.1 Å². The minimum absolute atomic E-state index is 0.0358. The molecule has 1 heterocycles. The fourth-order valence-electron chi connectivity index (χ4n) is 3.34. The third-order valence-corrected chi connectivity index (χ3v) is 7.19. The summed E-state index contributed by atoms with van der Waals surface area (Å²) in [6.45, 7) is 1.95. The first-order valence-electron chi connectivity index (χ1n) is 8.97. The fourth-order valence-corrected chi connectivity index (χ4v) is 5.63. The number of methoxy groups -OCH3 is 1. The van der Waals surface area contributed by atoms with Crippen molar-refractivity contribution in [3.8, 4) is 0 Å². The molecule has 0 fully saturated rings. The van der Waals surface area contributed by atoms with Crippen molar-refractivity contribution in [2.45, 2.75) is 30.7 Å². The monoisotopic (exact) mass is 480 g/mol. The summed E-state index contributed by atoms with van der Waals surface area (Å²) >= 11 is 3.31. The largest absolute Gasteiger partial charge is 0.468 e. The van der Waals surface area contributed by atoms with Gasteiger partial charge in [-0.1, -0.05) is 30.3 Å². The molecule has 7 nitrogen and oxygen atoms in total.